The highest BCUT2D eigenvalue weighted by Gasteiger charge is 2.18. The van der Waals surface area contributed by atoms with Crippen LogP contribution >= 0.6 is 0 Å². The summed E-state index contributed by atoms with van der Waals surface area (Å²) in [7, 11) is 0. The average Bonchev–Trinajstić information content (AvgIpc) is 2.39. The summed E-state index contributed by atoms with van der Waals surface area (Å²) in [5.41, 5.74) is 0.872. The van der Waals surface area contributed by atoms with Gasteiger partial charge in [0.25, 0.3) is 0 Å². The Kier molecular flexibility index (Phi) is 4.45. The van der Waals surface area contributed by atoms with E-state index in [2.05, 4.69) is 5.32 Å². The molecule has 0 aliphatic rings. The molecule has 0 aliphatic carbocycles. The second-order valence-corrected chi connectivity index (χ2v) is 4.80. The van der Waals surface area contributed by atoms with Crippen LogP contribution in [0.25, 0.3) is 0 Å². The molecule has 2 atom stereocenters. The lowest BCUT2D eigenvalue weighted by atomic mass is 10.0. The number of benzene rings is 2. The van der Waals surface area contributed by atoms with Crippen molar-refractivity contribution in [1.82, 2.24) is 5.32 Å². The van der Waals surface area contributed by atoms with Gasteiger partial charge in [-0.25, -0.2) is 13.2 Å². The van der Waals surface area contributed by atoms with Crippen LogP contribution < -0.4 is 5.32 Å². The maximum Gasteiger partial charge on any atom is 0.130 e. The van der Waals surface area contributed by atoms with E-state index in [1.807, 2.05) is 6.92 Å². The van der Waals surface area contributed by atoms with Gasteiger partial charge in [0, 0.05) is 17.6 Å². The summed E-state index contributed by atoms with van der Waals surface area (Å²) in [4.78, 5) is 0. The molecule has 1 nitrogen and oxygen atoms in total. The van der Waals surface area contributed by atoms with Gasteiger partial charge in [-0.3, -0.25) is 0 Å². The van der Waals surface area contributed by atoms with Crippen molar-refractivity contribution in [3.8, 4) is 0 Å². The first-order valence-corrected chi connectivity index (χ1v) is 6.44. The topological polar surface area (TPSA) is 12.0 Å². The molecule has 2 aromatic carbocycles. The fourth-order valence-electron chi connectivity index (χ4n) is 2.23. The van der Waals surface area contributed by atoms with E-state index < -0.39 is 17.7 Å². The zero-order valence-electron chi connectivity index (χ0n) is 11.3. The highest BCUT2D eigenvalue weighted by molar-refractivity contribution is 5.24. The molecule has 2 aromatic rings. The second kappa shape index (κ2) is 6.09. The second-order valence-electron chi connectivity index (χ2n) is 4.80. The quantitative estimate of drug-likeness (QED) is 0.868. The number of rotatable bonds is 4. The summed E-state index contributed by atoms with van der Waals surface area (Å²) >= 11 is 0. The minimum atomic E-state index is -0.573. The highest BCUT2D eigenvalue weighted by Crippen LogP contribution is 2.23. The van der Waals surface area contributed by atoms with Gasteiger partial charge in [-0.15, -0.1) is 0 Å². The van der Waals surface area contributed by atoms with E-state index in [9.17, 15) is 13.2 Å². The van der Waals surface area contributed by atoms with Gasteiger partial charge < -0.3 is 5.32 Å². The molecule has 1 N–H and O–H groups in total. The van der Waals surface area contributed by atoms with E-state index >= 15 is 0 Å². The van der Waals surface area contributed by atoms with E-state index in [-0.39, 0.29) is 17.4 Å². The zero-order chi connectivity index (χ0) is 14.7. The predicted molar refractivity (Wildman–Crippen MR) is 72.7 cm³/mol. The Morgan fingerprint density at radius 3 is 1.90 bits per heavy atom. The smallest absolute Gasteiger partial charge is 0.130 e. The molecule has 2 rings (SSSR count). The molecule has 1 unspecified atom stereocenters. The van der Waals surface area contributed by atoms with E-state index in [0.717, 1.165) is 5.56 Å². The van der Waals surface area contributed by atoms with E-state index in [1.165, 1.54) is 30.3 Å². The van der Waals surface area contributed by atoms with Crippen molar-refractivity contribution in [2.45, 2.75) is 25.9 Å². The van der Waals surface area contributed by atoms with E-state index in [1.54, 1.807) is 19.1 Å². The molecule has 106 valence electrons. The van der Waals surface area contributed by atoms with E-state index in [4.69, 9.17) is 0 Å². The summed E-state index contributed by atoms with van der Waals surface area (Å²) < 4.78 is 40.2. The van der Waals surface area contributed by atoms with Gasteiger partial charge in [0.05, 0.1) is 0 Å². The van der Waals surface area contributed by atoms with Crippen molar-refractivity contribution < 1.29 is 13.2 Å². The van der Waals surface area contributed by atoms with Gasteiger partial charge in [-0.05, 0) is 43.7 Å². The van der Waals surface area contributed by atoms with Gasteiger partial charge in [0.2, 0.25) is 0 Å². The molecule has 4 heteroatoms. The van der Waals surface area contributed by atoms with Gasteiger partial charge in [-0.1, -0.05) is 18.2 Å². The molecule has 0 amide bonds. The average molecular weight is 279 g/mol. The van der Waals surface area contributed by atoms with Crippen LogP contribution in [0.4, 0.5) is 13.2 Å². The number of nitrogens with one attached hydrogen (secondary N) is 1. The number of hydrogen-bond donors (Lipinski definition) is 1. The molecule has 0 aliphatic heterocycles. The number of hydrogen-bond acceptors (Lipinski definition) is 1. The van der Waals surface area contributed by atoms with Crippen LogP contribution in [0.3, 0.4) is 0 Å². The van der Waals surface area contributed by atoms with Gasteiger partial charge >= 0.3 is 0 Å². The molecule has 0 aromatic heterocycles. The lowest BCUT2D eigenvalue weighted by Gasteiger charge is -2.21. The standard InChI is InChI=1S/C16H16F3N/c1-10(12-6-8-13(17)9-7-12)20-11(2)16-14(18)4-3-5-15(16)19/h3-11,20H,1-2H3/t10-,11?/m0/s1. The van der Waals surface area contributed by atoms with Crippen molar-refractivity contribution in [2.75, 3.05) is 0 Å². The van der Waals surface area contributed by atoms with Crippen LogP contribution in [0, 0.1) is 17.5 Å². The molecular formula is C16H16F3N. The minimum absolute atomic E-state index is 0.0152. The highest BCUT2D eigenvalue weighted by atomic mass is 19.1. The molecule has 0 bridgehead atoms. The van der Waals surface area contributed by atoms with Gasteiger partial charge in [0.1, 0.15) is 17.5 Å². The van der Waals surface area contributed by atoms with Crippen LogP contribution in [0.2, 0.25) is 0 Å². The SMILES string of the molecule is CC(N[C@@H](C)c1ccc(F)cc1)c1c(F)cccc1F. The van der Waals surface area contributed by atoms with Crippen molar-refractivity contribution in [2.24, 2.45) is 0 Å². The van der Waals surface area contributed by atoms with Crippen LogP contribution in [0.1, 0.15) is 37.1 Å². The molecule has 0 saturated heterocycles. The minimum Gasteiger partial charge on any atom is -0.303 e. The third-order valence-corrected chi connectivity index (χ3v) is 3.30. The summed E-state index contributed by atoms with van der Waals surface area (Å²) in [5, 5.41) is 3.11. The van der Waals surface area contributed by atoms with Crippen LogP contribution in [-0.4, -0.2) is 0 Å². The van der Waals surface area contributed by atoms with Gasteiger partial charge in [0.15, 0.2) is 0 Å². The van der Waals surface area contributed by atoms with Crippen molar-refractivity contribution in [3.05, 3.63) is 71.0 Å². The maximum atomic E-state index is 13.7. The molecule has 0 saturated carbocycles. The molecule has 0 fully saturated rings. The molecule has 0 heterocycles. The molecule has 0 radical (unpaired) electrons. The third-order valence-electron chi connectivity index (χ3n) is 3.30. The van der Waals surface area contributed by atoms with Crippen molar-refractivity contribution in [1.29, 1.82) is 0 Å². The monoisotopic (exact) mass is 279 g/mol. The fourth-order valence-corrected chi connectivity index (χ4v) is 2.23. The predicted octanol–water partition coefficient (Wildman–Crippen LogP) is 4.52. The Morgan fingerprint density at radius 1 is 0.800 bits per heavy atom. The Morgan fingerprint density at radius 2 is 1.35 bits per heavy atom. The van der Waals surface area contributed by atoms with Gasteiger partial charge in [-0.2, -0.15) is 0 Å². The summed E-state index contributed by atoms with van der Waals surface area (Å²) in [6.07, 6.45) is 0. The van der Waals surface area contributed by atoms with Crippen LogP contribution in [0.15, 0.2) is 42.5 Å². The first kappa shape index (κ1) is 14.6. The van der Waals surface area contributed by atoms with Crippen molar-refractivity contribution in [3.63, 3.8) is 0 Å². The normalized spacial score (nSPS) is 14.1. The Balaban J connectivity index is 2.15. The fraction of sp³-hybridized carbons (Fsp3) is 0.250. The molecule has 0 spiro atoms. The largest absolute Gasteiger partial charge is 0.303 e. The number of halogens is 3. The summed E-state index contributed by atoms with van der Waals surface area (Å²) in [5.74, 6) is -1.46. The first-order chi connectivity index (χ1) is 9.49. The van der Waals surface area contributed by atoms with Crippen LogP contribution in [-0.2, 0) is 0 Å². The maximum absolute atomic E-state index is 13.7. The summed E-state index contributed by atoms with van der Waals surface area (Å²) in [6, 6.07) is 9.20. The third kappa shape index (κ3) is 3.20. The Bertz CT molecular complexity index is 561. The zero-order valence-corrected chi connectivity index (χ0v) is 11.3. The lowest BCUT2D eigenvalue weighted by Crippen LogP contribution is -2.24. The van der Waals surface area contributed by atoms with Crippen LogP contribution in [0.5, 0.6) is 0 Å². The summed E-state index contributed by atoms with van der Waals surface area (Å²) in [6.45, 7) is 3.56. The molecule has 20 heavy (non-hydrogen) atoms. The Labute approximate surface area is 116 Å². The van der Waals surface area contributed by atoms with Crippen molar-refractivity contribution >= 4 is 0 Å². The van der Waals surface area contributed by atoms with E-state index in [0.29, 0.717) is 0 Å². The lowest BCUT2D eigenvalue weighted by molar-refractivity contribution is 0.449. The first-order valence-electron chi connectivity index (χ1n) is 6.44. The Hall–Kier alpha value is -1.81. The molecular weight excluding hydrogens is 263 g/mol.